The quantitative estimate of drug-likeness (QED) is 0.819. The molecule has 0 spiro atoms. The largest absolute Gasteiger partial charge is 0.388 e. The molecule has 0 saturated carbocycles. The van der Waals surface area contributed by atoms with Gasteiger partial charge in [0.05, 0.1) is 6.10 Å². The summed E-state index contributed by atoms with van der Waals surface area (Å²) >= 11 is 6.14. The van der Waals surface area contributed by atoms with Crippen molar-refractivity contribution in [2.24, 2.45) is 5.92 Å². The van der Waals surface area contributed by atoms with Gasteiger partial charge in [-0.05, 0) is 36.8 Å². The summed E-state index contributed by atoms with van der Waals surface area (Å²) in [5.41, 5.74) is 1.88. The van der Waals surface area contributed by atoms with Gasteiger partial charge in [-0.2, -0.15) is 0 Å². The van der Waals surface area contributed by atoms with Crippen molar-refractivity contribution in [2.75, 3.05) is 0 Å². The van der Waals surface area contributed by atoms with E-state index in [0.717, 1.165) is 24.0 Å². The monoisotopic (exact) mass is 226 g/mol. The number of halogens is 1. The molecule has 0 fully saturated rings. The molecule has 84 valence electrons. The third kappa shape index (κ3) is 3.51. The van der Waals surface area contributed by atoms with E-state index >= 15 is 0 Å². The Morgan fingerprint density at radius 2 is 1.93 bits per heavy atom. The molecule has 1 atom stereocenters. The van der Waals surface area contributed by atoms with E-state index in [-0.39, 0.29) is 0 Å². The van der Waals surface area contributed by atoms with Gasteiger partial charge in [0, 0.05) is 5.02 Å². The van der Waals surface area contributed by atoms with E-state index in [1.165, 1.54) is 0 Å². The van der Waals surface area contributed by atoms with Crippen LogP contribution in [0.1, 0.15) is 43.9 Å². The number of hydrogen-bond donors (Lipinski definition) is 1. The summed E-state index contributed by atoms with van der Waals surface area (Å²) in [6.45, 7) is 6.27. The van der Waals surface area contributed by atoms with E-state index < -0.39 is 6.10 Å². The van der Waals surface area contributed by atoms with Gasteiger partial charge in [0.15, 0.2) is 0 Å². The molecule has 0 amide bonds. The van der Waals surface area contributed by atoms with Crippen molar-refractivity contribution in [1.82, 2.24) is 0 Å². The minimum absolute atomic E-state index is 0.431. The number of aryl methyl sites for hydroxylation is 1. The van der Waals surface area contributed by atoms with Gasteiger partial charge in [-0.15, -0.1) is 0 Å². The lowest BCUT2D eigenvalue weighted by atomic mass is 9.99. The molecular weight excluding hydrogens is 208 g/mol. The molecule has 0 radical (unpaired) electrons. The molecule has 1 aromatic carbocycles. The fraction of sp³-hybridized carbons (Fsp3) is 0.538. The summed E-state index contributed by atoms with van der Waals surface area (Å²) in [4.78, 5) is 0. The molecule has 1 N–H and O–H groups in total. The van der Waals surface area contributed by atoms with Gasteiger partial charge < -0.3 is 5.11 Å². The zero-order chi connectivity index (χ0) is 11.4. The number of hydrogen-bond acceptors (Lipinski definition) is 1. The predicted molar refractivity (Wildman–Crippen MR) is 65.2 cm³/mol. The van der Waals surface area contributed by atoms with Crippen molar-refractivity contribution >= 4 is 11.6 Å². The Labute approximate surface area is 97.1 Å². The summed E-state index contributed by atoms with van der Waals surface area (Å²) in [6.07, 6.45) is 1.37. The van der Waals surface area contributed by atoms with Crippen molar-refractivity contribution in [3.05, 3.63) is 34.3 Å². The third-order valence-corrected chi connectivity index (χ3v) is 3.11. The van der Waals surface area contributed by atoms with Crippen LogP contribution < -0.4 is 0 Å². The second kappa shape index (κ2) is 5.53. The number of rotatable bonds is 4. The van der Waals surface area contributed by atoms with Gasteiger partial charge in [-0.3, -0.25) is 0 Å². The molecule has 2 heteroatoms. The molecule has 1 nitrogen and oxygen atoms in total. The van der Waals surface area contributed by atoms with E-state index in [1.807, 2.05) is 25.1 Å². The molecule has 0 saturated heterocycles. The van der Waals surface area contributed by atoms with Crippen molar-refractivity contribution in [3.8, 4) is 0 Å². The van der Waals surface area contributed by atoms with Crippen LogP contribution in [0.2, 0.25) is 5.02 Å². The fourth-order valence-corrected chi connectivity index (χ4v) is 1.83. The standard InChI is InChI=1S/C13H19ClO/c1-9(2)7-8-12(15)11-6-4-5-10(3)13(11)14/h4-6,9,12,15H,7-8H2,1-3H3. The van der Waals surface area contributed by atoms with Crippen LogP contribution in [0.3, 0.4) is 0 Å². The van der Waals surface area contributed by atoms with E-state index in [2.05, 4.69) is 13.8 Å². The molecule has 1 aromatic rings. The van der Waals surface area contributed by atoms with Crippen LogP contribution in [-0.2, 0) is 0 Å². The smallest absolute Gasteiger partial charge is 0.0804 e. The Morgan fingerprint density at radius 3 is 2.53 bits per heavy atom. The highest BCUT2D eigenvalue weighted by molar-refractivity contribution is 6.32. The van der Waals surface area contributed by atoms with Gasteiger partial charge in [-0.1, -0.05) is 43.6 Å². The van der Waals surface area contributed by atoms with Crippen molar-refractivity contribution in [2.45, 2.75) is 39.7 Å². The second-order valence-electron chi connectivity index (χ2n) is 4.47. The third-order valence-electron chi connectivity index (χ3n) is 2.60. The fourth-order valence-electron chi connectivity index (χ4n) is 1.57. The molecule has 1 rings (SSSR count). The molecule has 0 aliphatic rings. The zero-order valence-electron chi connectivity index (χ0n) is 9.63. The Balaban J connectivity index is 2.73. The average molecular weight is 227 g/mol. The van der Waals surface area contributed by atoms with Gasteiger partial charge in [-0.25, -0.2) is 0 Å². The lowest BCUT2D eigenvalue weighted by molar-refractivity contribution is 0.159. The average Bonchev–Trinajstić information content (AvgIpc) is 2.18. The molecule has 0 heterocycles. The minimum Gasteiger partial charge on any atom is -0.388 e. The van der Waals surface area contributed by atoms with Crippen molar-refractivity contribution in [3.63, 3.8) is 0 Å². The first-order valence-electron chi connectivity index (χ1n) is 5.45. The van der Waals surface area contributed by atoms with Gasteiger partial charge in [0.25, 0.3) is 0 Å². The molecule has 0 aliphatic carbocycles. The summed E-state index contributed by atoms with van der Waals surface area (Å²) in [5.74, 6) is 0.614. The van der Waals surface area contributed by atoms with Crippen molar-refractivity contribution < 1.29 is 5.11 Å². The summed E-state index contributed by atoms with van der Waals surface area (Å²) in [6, 6.07) is 5.80. The van der Waals surface area contributed by atoms with Crippen LogP contribution in [0.25, 0.3) is 0 Å². The predicted octanol–water partition coefficient (Wildman–Crippen LogP) is 4.12. The first kappa shape index (κ1) is 12.5. The molecular formula is C13H19ClO. The van der Waals surface area contributed by atoms with Gasteiger partial charge >= 0.3 is 0 Å². The lowest BCUT2D eigenvalue weighted by Gasteiger charge is -2.15. The molecule has 0 aliphatic heterocycles. The highest BCUT2D eigenvalue weighted by Crippen LogP contribution is 2.29. The maximum absolute atomic E-state index is 9.99. The van der Waals surface area contributed by atoms with E-state index in [0.29, 0.717) is 10.9 Å². The molecule has 15 heavy (non-hydrogen) atoms. The maximum Gasteiger partial charge on any atom is 0.0804 e. The number of benzene rings is 1. The first-order valence-corrected chi connectivity index (χ1v) is 5.83. The Hall–Kier alpha value is -0.530. The molecule has 1 unspecified atom stereocenters. The van der Waals surface area contributed by atoms with Crippen LogP contribution in [0.15, 0.2) is 18.2 Å². The van der Waals surface area contributed by atoms with Crippen LogP contribution in [0.5, 0.6) is 0 Å². The summed E-state index contributed by atoms with van der Waals surface area (Å²) in [5, 5.41) is 10.7. The maximum atomic E-state index is 9.99. The van der Waals surface area contributed by atoms with Crippen LogP contribution >= 0.6 is 11.6 Å². The van der Waals surface area contributed by atoms with Crippen LogP contribution in [0.4, 0.5) is 0 Å². The van der Waals surface area contributed by atoms with Gasteiger partial charge in [0.1, 0.15) is 0 Å². The van der Waals surface area contributed by atoms with Crippen molar-refractivity contribution in [1.29, 1.82) is 0 Å². The highest BCUT2D eigenvalue weighted by Gasteiger charge is 2.12. The number of aliphatic hydroxyl groups is 1. The minimum atomic E-state index is -0.431. The topological polar surface area (TPSA) is 20.2 Å². The lowest BCUT2D eigenvalue weighted by Crippen LogP contribution is -2.01. The summed E-state index contributed by atoms with van der Waals surface area (Å²) in [7, 11) is 0. The second-order valence-corrected chi connectivity index (χ2v) is 4.84. The zero-order valence-corrected chi connectivity index (χ0v) is 10.4. The highest BCUT2D eigenvalue weighted by atomic mass is 35.5. The summed E-state index contributed by atoms with van der Waals surface area (Å²) < 4.78 is 0. The van der Waals surface area contributed by atoms with Gasteiger partial charge in [0.2, 0.25) is 0 Å². The van der Waals surface area contributed by atoms with E-state index in [1.54, 1.807) is 0 Å². The molecule has 0 bridgehead atoms. The normalized spacial score (nSPS) is 13.2. The van der Waals surface area contributed by atoms with Crippen LogP contribution in [0, 0.1) is 12.8 Å². The Bertz CT molecular complexity index is 320. The molecule has 0 aromatic heterocycles. The van der Waals surface area contributed by atoms with E-state index in [4.69, 9.17) is 11.6 Å². The Morgan fingerprint density at radius 1 is 1.27 bits per heavy atom. The van der Waals surface area contributed by atoms with E-state index in [9.17, 15) is 5.11 Å². The first-order chi connectivity index (χ1) is 7.02. The SMILES string of the molecule is Cc1cccc(C(O)CCC(C)C)c1Cl. The van der Waals surface area contributed by atoms with Crippen LogP contribution in [-0.4, -0.2) is 5.11 Å². The number of aliphatic hydroxyl groups excluding tert-OH is 1. The Kier molecular flexibility index (Phi) is 4.62.